The van der Waals surface area contributed by atoms with E-state index in [1.807, 2.05) is 41.8 Å². The number of methoxy groups -OCH3 is 2. The zero-order valence-electron chi connectivity index (χ0n) is 24.1. The highest BCUT2D eigenvalue weighted by molar-refractivity contribution is 7.81. The maximum absolute atomic E-state index is 12.4. The largest absolute Gasteiger partial charge is 0.493 e. The number of fused-ring (bicyclic) bond motifs is 1. The van der Waals surface area contributed by atoms with E-state index in [1.54, 1.807) is 32.7 Å². The summed E-state index contributed by atoms with van der Waals surface area (Å²) in [6.45, 7) is 4.65. The molecule has 1 saturated heterocycles. The number of hydrogen-bond acceptors (Lipinski definition) is 8. The maximum Gasteiger partial charge on any atom is 0.250 e. The Morgan fingerprint density at radius 3 is 2.57 bits per heavy atom. The van der Waals surface area contributed by atoms with E-state index in [9.17, 15) is 4.79 Å². The minimum atomic E-state index is -0.727. The molecule has 9 nitrogen and oxygen atoms in total. The van der Waals surface area contributed by atoms with E-state index < -0.39 is 18.1 Å². The van der Waals surface area contributed by atoms with E-state index in [2.05, 4.69) is 16.9 Å². The molecule has 0 spiro atoms. The molecule has 2 atom stereocenters. The van der Waals surface area contributed by atoms with Gasteiger partial charge in [-0.2, -0.15) is 0 Å². The van der Waals surface area contributed by atoms with Crippen LogP contribution in [-0.2, 0) is 9.53 Å². The Balaban J connectivity index is 1.40. The third kappa shape index (κ3) is 6.17. The summed E-state index contributed by atoms with van der Waals surface area (Å²) in [5, 5.41) is 0.496. The summed E-state index contributed by atoms with van der Waals surface area (Å²) >= 11 is 12.5. The SMILES string of the molecule is COc1cc2ncn(C3=CC(O[C@H](C)c4cccc(OCC5CCN(C)CC5)c4Cl)C(=S)C(C(N)=O)=C3)c2cc1OC. The molecule has 1 amide bonds. The van der Waals surface area contributed by atoms with Crippen molar-refractivity contribution >= 4 is 51.3 Å². The van der Waals surface area contributed by atoms with Gasteiger partial charge in [0, 0.05) is 23.4 Å². The number of primary amides is 1. The zero-order chi connectivity index (χ0) is 30.0. The van der Waals surface area contributed by atoms with Crippen molar-refractivity contribution in [1.82, 2.24) is 14.5 Å². The maximum atomic E-state index is 12.4. The number of halogens is 1. The minimum absolute atomic E-state index is 0.198. The van der Waals surface area contributed by atoms with Crippen molar-refractivity contribution in [1.29, 1.82) is 0 Å². The fraction of sp³-hybridized carbons (Fsp3) is 0.387. The average molecular weight is 611 g/mol. The lowest BCUT2D eigenvalue weighted by atomic mass is 9.98. The topological polar surface area (TPSA) is 101 Å². The Morgan fingerprint density at radius 1 is 1.17 bits per heavy atom. The summed E-state index contributed by atoms with van der Waals surface area (Å²) in [5.41, 5.74) is 8.76. The van der Waals surface area contributed by atoms with Crippen LogP contribution in [0, 0.1) is 5.92 Å². The summed E-state index contributed by atoms with van der Waals surface area (Å²) in [4.78, 5) is 19.6. The van der Waals surface area contributed by atoms with Gasteiger partial charge in [0.1, 0.15) is 18.2 Å². The third-order valence-corrected chi connectivity index (χ3v) is 8.69. The molecule has 222 valence electrons. The molecule has 2 heterocycles. The van der Waals surface area contributed by atoms with Gasteiger partial charge in [-0.25, -0.2) is 4.98 Å². The van der Waals surface area contributed by atoms with Gasteiger partial charge < -0.3 is 29.6 Å². The van der Waals surface area contributed by atoms with Crippen molar-refractivity contribution in [3.05, 3.63) is 65.0 Å². The highest BCUT2D eigenvalue weighted by Crippen LogP contribution is 2.37. The Labute approximate surface area is 255 Å². The van der Waals surface area contributed by atoms with Crippen LogP contribution in [0.25, 0.3) is 16.7 Å². The number of ether oxygens (including phenoxy) is 4. The number of likely N-dealkylation sites (tertiary alicyclic amines) is 1. The zero-order valence-corrected chi connectivity index (χ0v) is 25.7. The number of nitrogens with two attached hydrogens (primary N) is 1. The molecule has 1 aliphatic heterocycles. The quantitative estimate of drug-likeness (QED) is 0.312. The fourth-order valence-corrected chi connectivity index (χ4v) is 5.94. The smallest absolute Gasteiger partial charge is 0.250 e. The molecule has 0 bridgehead atoms. The summed E-state index contributed by atoms with van der Waals surface area (Å²) in [7, 11) is 5.28. The molecule has 0 saturated carbocycles. The monoisotopic (exact) mass is 610 g/mol. The highest BCUT2D eigenvalue weighted by Gasteiger charge is 2.29. The van der Waals surface area contributed by atoms with Crippen molar-refractivity contribution in [3.63, 3.8) is 0 Å². The Kier molecular flexibility index (Phi) is 9.17. The van der Waals surface area contributed by atoms with E-state index in [0.717, 1.165) is 37.0 Å². The van der Waals surface area contributed by atoms with Crippen molar-refractivity contribution < 1.29 is 23.7 Å². The van der Waals surface area contributed by atoms with Crippen LogP contribution in [0.3, 0.4) is 0 Å². The molecule has 42 heavy (non-hydrogen) atoms. The van der Waals surface area contributed by atoms with Gasteiger partial charge >= 0.3 is 0 Å². The number of nitrogens with zero attached hydrogens (tertiary/aromatic N) is 3. The van der Waals surface area contributed by atoms with E-state index in [-0.39, 0.29) is 5.57 Å². The van der Waals surface area contributed by atoms with Gasteiger partial charge in [-0.15, -0.1) is 0 Å². The predicted octanol–water partition coefficient (Wildman–Crippen LogP) is 5.21. The first kappa shape index (κ1) is 30.0. The van der Waals surface area contributed by atoms with E-state index in [1.165, 1.54) is 0 Å². The van der Waals surface area contributed by atoms with E-state index in [4.69, 9.17) is 48.5 Å². The predicted molar refractivity (Wildman–Crippen MR) is 167 cm³/mol. The molecule has 1 unspecified atom stereocenters. The molecule has 11 heteroatoms. The third-order valence-electron chi connectivity index (χ3n) is 7.83. The van der Waals surface area contributed by atoms with E-state index in [0.29, 0.717) is 50.9 Å². The Hall–Kier alpha value is -3.44. The molecule has 3 aromatic rings. The fourth-order valence-electron chi connectivity index (χ4n) is 5.32. The molecular formula is C31H35ClN4O5S. The van der Waals surface area contributed by atoms with Gasteiger partial charge in [0.2, 0.25) is 5.91 Å². The van der Waals surface area contributed by atoms with Crippen LogP contribution < -0.4 is 19.9 Å². The van der Waals surface area contributed by atoms with Crippen molar-refractivity contribution in [3.8, 4) is 17.2 Å². The number of carbonyl (C=O) groups excluding carboxylic acids is 1. The standard InChI is InChI=1S/C31H35ClN4O5S/c1-18(21-6-5-7-25(29(21)32)40-16-19-8-10-35(2)11-9-19)41-28-13-20(12-22(30(28)42)31(33)37)36-17-34-23-14-26(38-3)27(39-4)15-24(23)36/h5-7,12-15,17-19,28H,8-11,16H2,1-4H3,(H2,33,37)/t18-,28?/m1/s1. The van der Waals surface area contributed by atoms with Gasteiger partial charge in [0.25, 0.3) is 0 Å². The lowest BCUT2D eigenvalue weighted by molar-refractivity contribution is -0.114. The van der Waals surface area contributed by atoms with Crippen molar-refractivity contribution in [2.24, 2.45) is 11.7 Å². The van der Waals surface area contributed by atoms with Gasteiger partial charge in [-0.3, -0.25) is 9.36 Å². The van der Waals surface area contributed by atoms with Crippen LogP contribution in [0.5, 0.6) is 17.2 Å². The summed E-state index contributed by atoms with van der Waals surface area (Å²) < 4.78 is 25.3. The number of allylic oxidation sites excluding steroid dienone is 2. The van der Waals surface area contributed by atoms with Crippen LogP contribution in [0.15, 0.2) is 54.4 Å². The second-order valence-corrected chi connectivity index (χ2v) is 11.4. The van der Waals surface area contributed by atoms with Gasteiger partial charge in [0.15, 0.2) is 11.5 Å². The Bertz CT molecular complexity index is 1560. The van der Waals surface area contributed by atoms with Gasteiger partial charge in [-0.05, 0) is 64.0 Å². The van der Waals surface area contributed by atoms with E-state index >= 15 is 0 Å². The number of carbonyl (C=O) groups is 1. The van der Waals surface area contributed by atoms with Gasteiger partial charge in [-0.1, -0.05) is 36.0 Å². The van der Waals surface area contributed by atoms with Crippen LogP contribution in [0.2, 0.25) is 5.02 Å². The molecule has 0 radical (unpaired) electrons. The van der Waals surface area contributed by atoms with Crippen molar-refractivity contribution in [2.75, 3.05) is 41.0 Å². The second-order valence-electron chi connectivity index (χ2n) is 10.6. The number of amides is 1. The lowest BCUT2D eigenvalue weighted by Gasteiger charge is -2.29. The normalized spacial score (nSPS) is 18.9. The first-order valence-electron chi connectivity index (χ1n) is 13.8. The summed E-state index contributed by atoms with van der Waals surface area (Å²) in [5.74, 6) is 1.59. The first-order chi connectivity index (χ1) is 20.2. The summed E-state index contributed by atoms with van der Waals surface area (Å²) in [6.07, 6.45) is 6.15. The van der Waals surface area contributed by atoms with Crippen LogP contribution >= 0.6 is 23.8 Å². The molecule has 5 rings (SSSR count). The molecule has 2 aliphatic rings. The summed E-state index contributed by atoms with van der Waals surface area (Å²) in [6, 6.07) is 9.29. The van der Waals surface area contributed by atoms with Crippen molar-refractivity contribution in [2.45, 2.75) is 32.0 Å². The van der Waals surface area contributed by atoms with Crippen LogP contribution in [0.1, 0.15) is 31.4 Å². The lowest BCUT2D eigenvalue weighted by Crippen LogP contribution is -2.33. The number of hydrogen-bond donors (Lipinski definition) is 1. The number of thiocarbonyl (C=S) groups is 1. The minimum Gasteiger partial charge on any atom is -0.493 e. The highest BCUT2D eigenvalue weighted by atomic mass is 35.5. The molecule has 1 aromatic heterocycles. The number of piperidine rings is 1. The molecule has 2 N–H and O–H groups in total. The number of imidazole rings is 1. The second kappa shape index (κ2) is 12.8. The van der Waals surface area contributed by atoms with Gasteiger partial charge in [0.05, 0.1) is 53.4 Å². The van der Waals surface area contributed by atoms with Crippen LogP contribution in [-0.4, -0.2) is 72.3 Å². The average Bonchev–Trinajstić information content (AvgIpc) is 3.40. The molecule has 1 fully saturated rings. The van der Waals surface area contributed by atoms with Crippen LogP contribution in [0.4, 0.5) is 0 Å². The molecular weight excluding hydrogens is 576 g/mol. The molecule has 2 aromatic carbocycles. The molecule has 1 aliphatic carbocycles. The number of rotatable bonds is 10. The Morgan fingerprint density at radius 2 is 1.88 bits per heavy atom. The first-order valence-corrected chi connectivity index (χ1v) is 14.6. The number of benzene rings is 2. The number of aromatic nitrogens is 2.